The van der Waals surface area contributed by atoms with Crippen molar-refractivity contribution in [3.8, 4) is 11.1 Å². The van der Waals surface area contributed by atoms with Crippen LogP contribution in [0.4, 0.5) is 4.79 Å². The van der Waals surface area contributed by atoms with Crippen molar-refractivity contribution in [3.63, 3.8) is 0 Å². The van der Waals surface area contributed by atoms with E-state index in [1.54, 1.807) is 0 Å². The molecule has 0 spiro atoms. The fraction of sp³-hybridized carbons (Fsp3) is 0.464. The number of carbonyl (C=O) groups excluding carboxylic acids is 2. The second kappa shape index (κ2) is 11.4. The van der Waals surface area contributed by atoms with Crippen LogP contribution in [0.25, 0.3) is 11.1 Å². The molecule has 1 unspecified atom stereocenters. The summed E-state index contributed by atoms with van der Waals surface area (Å²) in [6.45, 7) is 2.71. The molecule has 0 heterocycles. The smallest absolute Gasteiger partial charge is 0.407 e. The first-order valence-corrected chi connectivity index (χ1v) is 12.5. The molecule has 7 heteroatoms. The van der Waals surface area contributed by atoms with Gasteiger partial charge in [0.2, 0.25) is 5.91 Å². The molecule has 2 aliphatic carbocycles. The van der Waals surface area contributed by atoms with Gasteiger partial charge in [0, 0.05) is 31.3 Å². The Morgan fingerprint density at radius 1 is 1.03 bits per heavy atom. The maximum atomic E-state index is 12.5. The molecule has 186 valence electrons. The number of carboxylic acids is 1. The molecule has 4 rings (SSSR count). The number of carbonyl (C=O) groups is 3. The van der Waals surface area contributed by atoms with Crippen LogP contribution in [0.5, 0.6) is 0 Å². The number of benzene rings is 2. The molecular formula is C28H34N2O5. The highest BCUT2D eigenvalue weighted by Gasteiger charge is 2.31. The first-order valence-electron chi connectivity index (χ1n) is 12.5. The SMILES string of the molecule is CC(CCC(=O)O)CNC(=O)C[C@H]1CC[C@@H](NC(=O)OCC2c3ccccc3-c3ccccc32)C1. The molecule has 2 aromatic carbocycles. The summed E-state index contributed by atoms with van der Waals surface area (Å²) in [5.74, 6) is -0.445. The molecular weight excluding hydrogens is 444 g/mol. The third-order valence-electron chi connectivity index (χ3n) is 7.18. The van der Waals surface area contributed by atoms with Crippen molar-refractivity contribution in [1.29, 1.82) is 0 Å². The summed E-state index contributed by atoms with van der Waals surface area (Å²) in [6.07, 6.45) is 3.15. The fourth-order valence-corrected chi connectivity index (χ4v) is 5.29. The number of aliphatic carboxylic acids is 1. The summed E-state index contributed by atoms with van der Waals surface area (Å²) in [5, 5.41) is 14.7. The van der Waals surface area contributed by atoms with Crippen LogP contribution in [0.1, 0.15) is 62.5 Å². The van der Waals surface area contributed by atoms with Gasteiger partial charge in [-0.25, -0.2) is 4.79 Å². The van der Waals surface area contributed by atoms with E-state index < -0.39 is 12.1 Å². The first kappa shape index (κ1) is 24.8. The lowest BCUT2D eigenvalue weighted by molar-refractivity contribution is -0.137. The van der Waals surface area contributed by atoms with E-state index >= 15 is 0 Å². The van der Waals surface area contributed by atoms with Crippen LogP contribution in [-0.4, -0.2) is 42.3 Å². The van der Waals surface area contributed by atoms with Gasteiger partial charge in [0.05, 0.1) is 0 Å². The zero-order valence-electron chi connectivity index (χ0n) is 20.2. The second-order valence-corrected chi connectivity index (χ2v) is 9.89. The number of amides is 2. The molecule has 0 radical (unpaired) electrons. The van der Waals surface area contributed by atoms with Crippen LogP contribution in [0.3, 0.4) is 0 Å². The van der Waals surface area contributed by atoms with Crippen molar-refractivity contribution in [2.75, 3.05) is 13.2 Å². The molecule has 0 aliphatic heterocycles. The molecule has 2 aromatic rings. The summed E-state index contributed by atoms with van der Waals surface area (Å²) in [7, 11) is 0. The van der Waals surface area contributed by atoms with Gasteiger partial charge < -0.3 is 20.5 Å². The van der Waals surface area contributed by atoms with E-state index in [-0.39, 0.29) is 36.1 Å². The molecule has 2 aliphatic rings. The molecule has 7 nitrogen and oxygen atoms in total. The van der Waals surface area contributed by atoms with Crippen LogP contribution in [0, 0.1) is 11.8 Å². The fourth-order valence-electron chi connectivity index (χ4n) is 5.29. The maximum absolute atomic E-state index is 12.5. The van der Waals surface area contributed by atoms with Crippen LogP contribution in [0.2, 0.25) is 0 Å². The van der Waals surface area contributed by atoms with Crippen LogP contribution in [-0.2, 0) is 14.3 Å². The molecule has 1 saturated carbocycles. The molecule has 2 amide bonds. The van der Waals surface area contributed by atoms with Crippen molar-refractivity contribution in [3.05, 3.63) is 59.7 Å². The molecule has 0 bridgehead atoms. The minimum absolute atomic E-state index is 0.0120. The second-order valence-electron chi connectivity index (χ2n) is 9.89. The number of rotatable bonds is 10. The lowest BCUT2D eigenvalue weighted by atomic mass is 9.98. The minimum atomic E-state index is -0.816. The maximum Gasteiger partial charge on any atom is 0.407 e. The van der Waals surface area contributed by atoms with Gasteiger partial charge in [-0.1, -0.05) is 55.5 Å². The lowest BCUT2D eigenvalue weighted by Crippen LogP contribution is -2.34. The predicted octanol–water partition coefficient (Wildman–Crippen LogP) is 4.70. The van der Waals surface area contributed by atoms with Crippen molar-refractivity contribution >= 4 is 18.0 Å². The standard InChI is InChI=1S/C28H34N2O5/c1-18(10-13-27(32)33)16-29-26(31)15-19-11-12-20(14-19)30-28(34)35-17-25-23-8-4-2-6-21(23)22-7-3-5-9-24(22)25/h2-9,18-20,25H,10-17H2,1H3,(H,29,31)(H,30,34)(H,32,33)/t18?,19-,20+/m0/s1. The molecule has 3 N–H and O–H groups in total. The zero-order chi connectivity index (χ0) is 24.8. The predicted molar refractivity (Wildman–Crippen MR) is 133 cm³/mol. The normalized spacial score (nSPS) is 19.5. The topological polar surface area (TPSA) is 105 Å². The number of nitrogens with one attached hydrogen (secondary N) is 2. The van der Waals surface area contributed by atoms with Crippen LogP contribution >= 0.6 is 0 Å². The number of hydrogen-bond donors (Lipinski definition) is 3. The Balaban J connectivity index is 1.19. The van der Waals surface area contributed by atoms with E-state index in [9.17, 15) is 14.4 Å². The highest BCUT2D eigenvalue weighted by molar-refractivity contribution is 5.79. The summed E-state index contributed by atoms with van der Waals surface area (Å²) in [6, 6.07) is 16.5. The van der Waals surface area contributed by atoms with Gasteiger partial charge in [-0.05, 0) is 59.8 Å². The molecule has 0 saturated heterocycles. The van der Waals surface area contributed by atoms with E-state index in [1.165, 1.54) is 22.3 Å². The van der Waals surface area contributed by atoms with E-state index in [2.05, 4.69) is 34.9 Å². The van der Waals surface area contributed by atoms with Crippen LogP contribution in [0.15, 0.2) is 48.5 Å². The van der Waals surface area contributed by atoms with Crippen molar-refractivity contribution in [2.24, 2.45) is 11.8 Å². The van der Waals surface area contributed by atoms with E-state index in [4.69, 9.17) is 9.84 Å². The van der Waals surface area contributed by atoms with Gasteiger partial charge in [0.1, 0.15) is 6.61 Å². The number of alkyl carbamates (subject to hydrolysis) is 1. The van der Waals surface area contributed by atoms with E-state index in [1.807, 2.05) is 31.2 Å². The summed E-state index contributed by atoms with van der Waals surface area (Å²) in [4.78, 5) is 35.5. The molecule has 3 atom stereocenters. The highest BCUT2D eigenvalue weighted by atomic mass is 16.5. The molecule has 0 aromatic heterocycles. The summed E-state index contributed by atoms with van der Waals surface area (Å²) >= 11 is 0. The van der Waals surface area contributed by atoms with Gasteiger partial charge in [-0.2, -0.15) is 0 Å². The van der Waals surface area contributed by atoms with Gasteiger partial charge in [0.15, 0.2) is 0 Å². The largest absolute Gasteiger partial charge is 0.481 e. The van der Waals surface area contributed by atoms with E-state index in [0.29, 0.717) is 26.0 Å². The average molecular weight is 479 g/mol. The molecule has 1 fully saturated rings. The monoisotopic (exact) mass is 478 g/mol. The van der Waals surface area contributed by atoms with Gasteiger partial charge in [0.25, 0.3) is 0 Å². The van der Waals surface area contributed by atoms with Crippen LogP contribution < -0.4 is 10.6 Å². The number of ether oxygens (including phenoxy) is 1. The molecule has 35 heavy (non-hydrogen) atoms. The Morgan fingerprint density at radius 3 is 2.34 bits per heavy atom. The van der Waals surface area contributed by atoms with Crippen molar-refractivity contribution in [1.82, 2.24) is 10.6 Å². The summed E-state index contributed by atoms with van der Waals surface area (Å²) < 4.78 is 5.65. The highest BCUT2D eigenvalue weighted by Crippen LogP contribution is 2.44. The Labute approximate surface area is 206 Å². The van der Waals surface area contributed by atoms with Gasteiger partial charge >= 0.3 is 12.1 Å². The third-order valence-corrected chi connectivity index (χ3v) is 7.18. The first-order chi connectivity index (χ1) is 16.9. The van der Waals surface area contributed by atoms with Gasteiger partial charge in [-0.3, -0.25) is 9.59 Å². The number of hydrogen-bond acceptors (Lipinski definition) is 4. The summed E-state index contributed by atoms with van der Waals surface area (Å²) in [5.41, 5.74) is 4.77. The zero-order valence-corrected chi connectivity index (χ0v) is 20.2. The third kappa shape index (κ3) is 6.41. The van der Waals surface area contributed by atoms with Gasteiger partial charge in [-0.15, -0.1) is 0 Å². The van der Waals surface area contributed by atoms with E-state index in [0.717, 1.165) is 19.3 Å². The Bertz CT molecular complexity index is 1020. The van der Waals surface area contributed by atoms with Crippen molar-refractivity contribution < 1.29 is 24.2 Å². The van der Waals surface area contributed by atoms with Crippen molar-refractivity contribution in [2.45, 2.75) is 57.4 Å². The Hall–Kier alpha value is -3.35. The minimum Gasteiger partial charge on any atom is -0.481 e. The lowest BCUT2D eigenvalue weighted by Gasteiger charge is -2.17. The number of fused-ring (bicyclic) bond motifs is 3. The Kier molecular flexibility index (Phi) is 8.06. The Morgan fingerprint density at radius 2 is 1.69 bits per heavy atom. The average Bonchev–Trinajstić information content (AvgIpc) is 3.41. The quantitative estimate of drug-likeness (QED) is 0.459. The number of carboxylic acid groups (broad SMARTS) is 1.